The zero-order valence-corrected chi connectivity index (χ0v) is 22.0. The second kappa shape index (κ2) is 12.8. The SMILES string of the molecule is COc1cc(CC(=O)N(C)[n+]2cc(NC(=O)[C@H](C)CSC(=O)c3ccccc3)on2)cc(OC)c1OC. The quantitative estimate of drug-likeness (QED) is 0.373. The molecule has 0 saturated heterocycles. The Labute approximate surface area is 218 Å². The molecule has 1 N–H and O–H groups in total. The second-order valence-electron chi connectivity index (χ2n) is 7.97. The number of thioether (sulfide) groups is 1. The maximum atomic E-state index is 12.9. The molecule has 0 saturated carbocycles. The van der Waals surface area contributed by atoms with Gasteiger partial charge in [-0.2, -0.15) is 0 Å². The van der Waals surface area contributed by atoms with E-state index in [1.165, 1.54) is 44.4 Å². The van der Waals surface area contributed by atoms with Gasteiger partial charge in [-0.1, -0.05) is 54.0 Å². The molecular formula is C25H29N4O7S+. The summed E-state index contributed by atoms with van der Waals surface area (Å²) in [6.07, 6.45) is 1.39. The van der Waals surface area contributed by atoms with E-state index in [2.05, 4.69) is 10.6 Å². The number of rotatable bonds is 11. The summed E-state index contributed by atoms with van der Waals surface area (Å²) in [4.78, 5) is 38.8. The lowest BCUT2D eigenvalue weighted by Gasteiger charge is -2.14. The van der Waals surface area contributed by atoms with Crippen molar-refractivity contribution >= 4 is 34.6 Å². The summed E-state index contributed by atoms with van der Waals surface area (Å²) < 4.78 is 21.1. The van der Waals surface area contributed by atoms with Gasteiger partial charge in [0.1, 0.15) is 0 Å². The van der Waals surface area contributed by atoms with E-state index in [1.54, 1.807) is 43.3 Å². The third kappa shape index (κ3) is 7.00. The summed E-state index contributed by atoms with van der Waals surface area (Å²) in [6, 6.07) is 12.2. The normalized spacial score (nSPS) is 11.4. The van der Waals surface area contributed by atoms with Crippen LogP contribution in [0.1, 0.15) is 22.8 Å². The van der Waals surface area contributed by atoms with Crippen molar-refractivity contribution in [3.63, 3.8) is 0 Å². The van der Waals surface area contributed by atoms with Crippen molar-refractivity contribution in [2.24, 2.45) is 5.92 Å². The minimum atomic E-state index is -0.476. The highest BCUT2D eigenvalue weighted by molar-refractivity contribution is 8.14. The van der Waals surface area contributed by atoms with Gasteiger partial charge < -0.3 is 14.2 Å². The Hall–Kier alpha value is -4.06. The maximum absolute atomic E-state index is 12.9. The second-order valence-corrected chi connectivity index (χ2v) is 8.96. The average Bonchev–Trinajstić information content (AvgIpc) is 3.38. The fourth-order valence-corrected chi connectivity index (χ4v) is 4.11. The lowest BCUT2D eigenvalue weighted by atomic mass is 10.1. The number of nitrogens with one attached hydrogen (secondary N) is 1. The summed E-state index contributed by atoms with van der Waals surface area (Å²) >= 11 is 1.07. The first-order valence-corrected chi connectivity index (χ1v) is 12.2. The smallest absolute Gasteiger partial charge is 0.305 e. The Morgan fingerprint density at radius 1 is 1.08 bits per heavy atom. The molecule has 1 atom stereocenters. The van der Waals surface area contributed by atoms with Crippen molar-refractivity contribution in [1.82, 2.24) is 5.27 Å². The maximum Gasteiger partial charge on any atom is 0.305 e. The third-order valence-electron chi connectivity index (χ3n) is 5.37. The van der Waals surface area contributed by atoms with Gasteiger partial charge in [0.2, 0.25) is 22.0 Å². The van der Waals surface area contributed by atoms with E-state index in [-0.39, 0.29) is 29.2 Å². The van der Waals surface area contributed by atoms with Crippen LogP contribution in [0.5, 0.6) is 17.2 Å². The molecule has 0 aliphatic rings. The first-order chi connectivity index (χ1) is 17.8. The molecule has 11 nitrogen and oxygen atoms in total. The van der Waals surface area contributed by atoms with Gasteiger partial charge in [-0.15, -0.1) is 0 Å². The van der Waals surface area contributed by atoms with E-state index in [9.17, 15) is 14.4 Å². The number of amides is 2. The summed E-state index contributed by atoms with van der Waals surface area (Å²) in [6.45, 7) is 1.71. The Bertz CT molecular complexity index is 1220. The molecule has 12 heteroatoms. The van der Waals surface area contributed by atoms with Gasteiger partial charge in [0, 0.05) is 17.2 Å². The van der Waals surface area contributed by atoms with Crippen LogP contribution in [0.3, 0.4) is 0 Å². The molecule has 0 aliphatic heterocycles. The van der Waals surface area contributed by atoms with E-state index >= 15 is 0 Å². The predicted octanol–water partition coefficient (Wildman–Crippen LogP) is 2.47. The van der Waals surface area contributed by atoms with E-state index in [0.717, 1.165) is 11.8 Å². The van der Waals surface area contributed by atoms with Crippen LogP contribution in [0, 0.1) is 5.92 Å². The van der Waals surface area contributed by atoms with Crippen molar-refractivity contribution in [2.45, 2.75) is 13.3 Å². The van der Waals surface area contributed by atoms with Crippen molar-refractivity contribution in [3.05, 3.63) is 59.8 Å². The van der Waals surface area contributed by atoms with Gasteiger partial charge in [0.25, 0.3) is 12.1 Å². The van der Waals surface area contributed by atoms with E-state index in [4.69, 9.17) is 18.7 Å². The zero-order chi connectivity index (χ0) is 26.9. The molecule has 0 aliphatic carbocycles. The number of nitrogens with zero attached hydrogens (tertiary/aromatic N) is 3. The largest absolute Gasteiger partial charge is 0.493 e. The van der Waals surface area contributed by atoms with E-state index in [1.807, 2.05) is 6.07 Å². The predicted molar refractivity (Wildman–Crippen MR) is 137 cm³/mol. The Balaban J connectivity index is 1.57. The first kappa shape index (κ1) is 27.5. The van der Waals surface area contributed by atoms with Gasteiger partial charge in [-0.25, -0.2) is 0 Å². The van der Waals surface area contributed by atoms with Gasteiger partial charge in [-0.3, -0.25) is 24.2 Å². The van der Waals surface area contributed by atoms with Crippen LogP contribution in [0.2, 0.25) is 0 Å². The topological polar surface area (TPSA) is 124 Å². The standard InChI is InChI=1S/C25H28N4O7S/c1-16(15-37-25(32)18-9-7-6-8-10-18)24(31)26-21-14-29(27-36-21)28(2)22(30)13-17-11-19(33-3)23(35-5)20(12-17)34-4/h6-12,14,16H,13,15H2,1-5H3/p+1/t16-/m1/s1. The van der Waals surface area contributed by atoms with Crippen LogP contribution >= 0.6 is 11.8 Å². The highest BCUT2D eigenvalue weighted by Gasteiger charge is 2.26. The molecule has 2 aromatic carbocycles. The van der Waals surface area contributed by atoms with Crippen LogP contribution in [0.4, 0.5) is 5.88 Å². The van der Waals surface area contributed by atoms with Crippen molar-refractivity contribution in [2.75, 3.05) is 44.5 Å². The number of methoxy groups -OCH3 is 3. The summed E-state index contributed by atoms with van der Waals surface area (Å²) in [7, 11) is 6.01. The van der Waals surface area contributed by atoms with Gasteiger partial charge in [0.15, 0.2) is 11.5 Å². The first-order valence-electron chi connectivity index (χ1n) is 11.2. The summed E-state index contributed by atoms with van der Waals surface area (Å²) in [5.74, 6) is 0.518. The van der Waals surface area contributed by atoms with Crippen LogP contribution in [0.25, 0.3) is 0 Å². The molecule has 3 aromatic rings. The molecule has 1 aromatic heterocycles. The third-order valence-corrected chi connectivity index (χ3v) is 6.54. The number of ether oxygens (including phenoxy) is 3. The lowest BCUT2D eigenvalue weighted by molar-refractivity contribution is -0.746. The van der Waals surface area contributed by atoms with Crippen molar-refractivity contribution in [1.29, 1.82) is 0 Å². The van der Waals surface area contributed by atoms with Crippen molar-refractivity contribution in [3.8, 4) is 17.2 Å². The molecule has 0 radical (unpaired) electrons. The highest BCUT2D eigenvalue weighted by Crippen LogP contribution is 2.38. The number of likely N-dealkylation sites (N-methyl/N-ethyl adjacent to an activating group) is 1. The number of carbonyl (C=O) groups excluding carboxylic acids is 3. The molecular weight excluding hydrogens is 500 g/mol. The molecule has 1 heterocycles. The minimum absolute atomic E-state index is 0.0124. The fraction of sp³-hybridized carbons (Fsp3) is 0.320. The van der Waals surface area contributed by atoms with Gasteiger partial charge in [-0.05, 0) is 17.7 Å². The monoisotopic (exact) mass is 529 g/mol. The molecule has 0 unspecified atom stereocenters. The molecule has 0 spiro atoms. The number of hydrogen-bond donors (Lipinski definition) is 1. The number of aromatic nitrogens is 2. The Kier molecular flexibility index (Phi) is 9.50. The zero-order valence-electron chi connectivity index (χ0n) is 21.2. The molecule has 196 valence electrons. The molecule has 37 heavy (non-hydrogen) atoms. The Morgan fingerprint density at radius 2 is 1.73 bits per heavy atom. The fourth-order valence-electron chi connectivity index (χ4n) is 3.25. The average molecular weight is 530 g/mol. The van der Waals surface area contributed by atoms with Crippen molar-refractivity contribution < 1.29 is 37.9 Å². The van der Waals surface area contributed by atoms with E-state index in [0.29, 0.717) is 34.1 Å². The van der Waals surface area contributed by atoms with Gasteiger partial charge >= 0.3 is 5.88 Å². The number of hydrogen-bond acceptors (Lipinski definition) is 9. The van der Waals surface area contributed by atoms with E-state index < -0.39 is 5.92 Å². The number of benzene rings is 2. The number of anilines is 1. The highest BCUT2D eigenvalue weighted by atomic mass is 32.2. The molecule has 0 bridgehead atoms. The lowest BCUT2D eigenvalue weighted by Crippen LogP contribution is -2.59. The summed E-state index contributed by atoms with van der Waals surface area (Å²) in [5.41, 5.74) is 1.22. The Morgan fingerprint density at radius 3 is 2.32 bits per heavy atom. The molecule has 0 fully saturated rings. The van der Waals surface area contributed by atoms with Crippen LogP contribution in [-0.4, -0.2) is 56.3 Å². The van der Waals surface area contributed by atoms with Crippen LogP contribution < -0.4 is 29.3 Å². The molecule has 2 amide bonds. The molecule has 3 rings (SSSR count). The number of carbonyl (C=O) groups is 3. The minimum Gasteiger partial charge on any atom is -0.493 e. The summed E-state index contributed by atoms with van der Waals surface area (Å²) in [5, 5.41) is 7.55. The van der Waals surface area contributed by atoms with Gasteiger partial charge in [0.05, 0.1) is 39.6 Å². The van der Waals surface area contributed by atoms with Crippen LogP contribution in [-0.2, 0) is 16.0 Å². The van der Waals surface area contributed by atoms with Crippen LogP contribution in [0.15, 0.2) is 53.2 Å².